The van der Waals surface area contributed by atoms with Crippen LogP contribution in [0, 0.1) is 0 Å². The smallest absolute Gasteiger partial charge is 0.0926 e. The molecule has 80 valence electrons. The minimum atomic E-state index is 0.199. The van der Waals surface area contributed by atoms with Crippen LogP contribution in [0.1, 0.15) is 33.3 Å². The summed E-state index contributed by atoms with van der Waals surface area (Å²) in [5.74, 6) is 0. The maximum atomic E-state index is 4.52. The fourth-order valence-electron chi connectivity index (χ4n) is 1.70. The first-order valence-electron chi connectivity index (χ1n) is 5.48. The number of nitrogens with zero attached hydrogens (tertiary/aromatic N) is 2. The molecule has 0 bridgehead atoms. The van der Waals surface area contributed by atoms with E-state index in [0.717, 1.165) is 12.1 Å². The quantitative estimate of drug-likeness (QED) is 0.693. The molecule has 2 rings (SSSR count). The Morgan fingerprint density at radius 3 is 2.60 bits per heavy atom. The third-order valence-corrected chi connectivity index (χ3v) is 2.74. The van der Waals surface area contributed by atoms with Crippen LogP contribution in [-0.2, 0) is 12.0 Å². The van der Waals surface area contributed by atoms with Crippen LogP contribution < -0.4 is 0 Å². The van der Waals surface area contributed by atoms with Gasteiger partial charge in [-0.25, -0.2) is 0 Å². The highest BCUT2D eigenvalue weighted by Gasteiger charge is 2.14. The van der Waals surface area contributed by atoms with Gasteiger partial charge in [0.05, 0.1) is 5.52 Å². The van der Waals surface area contributed by atoms with Crippen LogP contribution in [0.3, 0.4) is 0 Å². The first-order valence-corrected chi connectivity index (χ1v) is 5.48. The maximum absolute atomic E-state index is 4.52. The molecule has 0 saturated carbocycles. The van der Waals surface area contributed by atoms with Crippen molar-refractivity contribution in [1.29, 1.82) is 0 Å². The number of hydrogen-bond acceptors (Lipinski definition) is 1. The minimum absolute atomic E-state index is 0.199. The summed E-state index contributed by atoms with van der Waals surface area (Å²) in [7, 11) is 0. The predicted molar refractivity (Wildman–Crippen MR) is 64.1 cm³/mol. The number of hydrogen-bond donors (Lipinski definition) is 0. The number of aromatic nitrogens is 2. The molecule has 0 unspecified atom stereocenters. The highest BCUT2D eigenvalue weighted by atomic mass is 15.3. The molecule has 0 amide bonds. The van der Waals surface area contributed by atoms with Crippen LogP contribution in [0.2, 0.25) is 0 Å². The molecule has 2 aromatic rings. The minimum Gasteiger partial charge on any atom is -0.272 e. The summed E-state index contributed by atoms with van der Waals surface area (Å²) < 4.78 is 1.98. The van der Waals surface area contributed by atoms with Crippen LogP contribution in [-0.4, -0.2) is 9.78 Å². The van der Waals surface area contributed by atoms with E-state index >= 15 is 0 Å². The largest absolute Gasteiger partial charge is 0.272 e. The molecule has 0 N–H and O–H groups in total. The molecule has 2 heteroatoms. The van der Waals surface area contributed by atoms with Crippen LogP contribution in [0.5, 0.6) is 0 Å². The Bertz CT molecular complexity index is 475. The van der Waals surface area contributed by atoms with Gasteiger partial charge in [-0.05, 0) is 24.0 Å². The second-order valence-electron chi connectivity index (χ2n) is 5.01. The Labute approximate surface area is 90.9 Å². The Balaban J connectivity index is 2.55. The Morgan fingerprint density at radius 1 is 1.27 bits per heavy atom. The van der Waals surface area contributed by atoms with E-state index in [1.165, 1.54) is 10.9 Å². The molecule has 2 nitrogen and oxygen atoms in total. The van der Waals surface area contributed by atoms with E-state index in [0.29, 0.717) is 0 Å². The van der Waals surface area contributed by atoms with E-state index in [2.05, 4.69) is 57.2 Å². The predicted octanol–water partition coefficient (Wildman–Crippen LogP) is 3.35. The lowest BCUT2D eigenvalue weighted by Crippen LogP contribution is -2.10. The maximum Gasteiger partial charge on any atom is 0.0926 e. The van der Waals surface area contributed by atoms with Gasteiger partial charge in [-0.2, -0.15) is 5.10 Å². The average Bonchev–Trinajstić information content (AvgIpc) is 2.57. The van der Waals surface area contributed by atoms with E-state index in [-0.39, 0.29) is 5.41 Å². The summed E-state index contributed by atoms with van der Waals surface area (Å²) in [6, 6.07) is 6.56. The molecule has 1 heterocycles. The molecule has 0 saturated heterocycles. The zero-order valence-electron chi connectivity index (χ0n) is 9.91. The summed E-state index contributed by atoms with van der Waals surface area (Å²) in [6.07, 6.45) is 2.10. The highest BCUT2D eigenvalue weighted by molar-refractivity contribution is 5.79. The summed E-state index contributed by atoms with van der Waals surface area (Å²) in [4.78, 5) is 0. The molecule has 0 aliphatic rings. The number of aryl methyl sites for hydroxylation is 1. The van der Waals surface area contributed by atoms with Gasteiger partial charge in [0.1, 0.15) is 0 Å². The molecular weight excluding hydrogens is 184 g/mol. The molecule has 1 aromatic heterocycles. The third-order valence-electron chi connectivity index (χ3n) is 2.74. The molecule has 0 atom stereocenters. The van der Waals surface area contributed by atoms with Crippen molar-refractivity contribution in [3.05, 3.63) is 30.0 Å². The van der Waals surface area contributed by atoms with E-state index in [4.69, 9.17) is 0 Å². The standard InChI is InChI=1S/C13H18N2/c1-5-15-9-10-6-7-11(13(2,3)4)8-12(10)14-15/h6-9H,5H2,1-4H3. The van der Waals surface area contributed by atoms with E-state index in [1.54, 1.807) is 0 Å². The SMILES string of the molecule is CCn1cc2ccc(C(C)(C)C)cc2n1. The van der Waals surface area contributed by atoms with Crippen molar-refractivity contribution in [2.45, 2.75) is 39.7 Å². The van der Waals surface area contributed by atoms with Crippen molar-refractivity contribution in [1.82, 2.24) is 9.78 Å². The molecule has 0 fully saturated rings. The van der Waals surface area contributed by atoms with Gasteiger partial charge in [0, 0.05) is 18.1 Å². The van der Waals surface area contributed by atoms with Gasteiger partial charge in [-0.1, -0.05) is 32.9 Å². The van der Waals surface area contributed by atoms with Crippen molar-refractivity contribution < 1.29 is 0 Å². The second kappa shape index (κ2) is 3.37. The van der Waals surface area contributed by atoms with Crippen molar-refractivity contribution in [3.63, 3.8) is 0 Å². The average molecular weight is 202 g/mol. The summed E-state index contributed by atoms with van der Waals surface area (Å²) in [5, 5.41) is 5.75. The van der Waals surface area contributed by atoms with Crippen LogP contribution >= 0.6 is 0 Å². The Hall–Kier alpha value is -1.31. The van der Waals surface area contributed by atoms with Gasteiger partial charge in [-0.15, -0.1) is 0 Å². The normalized spacial score (nSPS) is 12.3. The van der Waals surface area contributed by atoms with Crippen molar-refractivity contribution in [2.75, 3.05) is 0 Å². The van der Waals surface area contributed by atoms with Gasteiger partial charge < -0.3 is 0 Å². The lowest BCUT2D eigenvalue weighted by molar-refractivity contribution is 0.590. The summed E-state index contributed by atoms with van der Waals surface area (Å²) >= 11 is 0. The number of fused-ring (bicyclic) bond motifs is 1. The van der Waals surface area contributed by atoms with Crippen LogP contribution in [0.4, 0.5) is 0 Å². The van der Waals surface area contributed by atoms with Gasteiger partial charge in [0.15, 0.2) is 0 Å². The van der Waals surface area contributed by atoms with E-state index in [1.807, 2.05) is 4.68 Å². The molecule has 1 aromatic carbocycles. The summed E-state index contributed by atoms with van der Waals surface area (Å²) in [5.41, 5.74) is 2.64. The fourth-order valence-corrected chi connectivity index (χ4v) is 1.70. The molecule has 0 aliphatic carbocycles. The third kappa shape index (κ3) is 1.89. The zero-order chi connectivity index (χ0) is 11.1. The molecular formula is C13H18N2. The van der Waals surface area contributed by atoms with E-state index in [9.17, 15) is 0 Å². The van der Waals surface area contributed by atoms with Crippen molar-refractivity contribution >= 4 is 10.9 Å². The van der Waals surface area contributed by atoms with Crippen LogP contribution in [0.25, 0.3) is 10.9 Å². The first-order chi connectivity index (χ1) is 7.00. The van der Waals surface area contributed by atoms with Gasteiger partial charge >= 0.3 is 0 Å². The summed E-state index contributed by atoms with van der Waals surface area (Å²) in [6.45, 7) is 9.72. The first kappa shape index (κ1) is 10.2. The topological polar surface area (TPSA) is 17.8 Å². The molecule has 0 radical (unpaired) electrons. The van der Waals surface area contributed by atoms with Crippen molar-refractivity contribution in [2.24, 2.45) is 0 Å². The van der Waals surface area contributed by atoms with E-state index < -0.39 is 0 Å². The second-order valence-corrected chi connectivity index (χ2v) is 5.01. The van der Waals surface area contributed by atoms with Gasteiger partial charge in [0.25, 0.3) is 0 Å². The molecule has 15 heavy (non-hydrogen) atoms. The molecule has 0 spiro atoms. The lowest BCUT2D eigenvalue weighted by atomic mass is 9.87. The zero-order valence-corrected chi connectivity index (χ0v) is 9.91. The molecule has 0 aliphatic heterocycles. The number of rotatable bonds is 1. The monoisotopic (exact) mass is 202 g/mol. The van der Waals surface area contributed by atoms with Crippen molar-refractivity contribution in [3.8, 4) is 0 Å². The van der Waals surface area contributed by atoms with Crippen LogP contribution in [0.15, 0.2) is 24.4 Å². The van der Waals surface area contributed by atoms with Gasteiger partial charge in [0.2, 0.25) is 0 Å². The Kier molecular flexibility index (Phi) is 2.29. The highest BCUT2D eigenvalue weighted by Crippen LogP contribution is 2.25. The number of benzene rings is 1. The Morgan fingerprint density at radius 2 is 2.00 bits per heavy atom. The van der Waals surface area contributed by atoms with Gasteiger partial charge in [-0.3, -0.25) is 4.68 Å². The lowest BCUT2D eigenvalue weighted by Gasteiger charge is -2.18. The fraction of sp³-hybridized carbons (Fsp3) is 0.462.